The maximum absolute atomic E-state index is 6.41. The summed E-state index contributed by atoms with van der Waals surface area (Å²) in [6, 6.07) is 73.9. The largest absolute Gasteiger partial charge is 0.455 e. The molecular weight excluding hydrogens is 669 g/mol. The van der Waals surface area contributed by atoms with Crippen LogP contribution < -0.4 is 4.90 Å². The normalized spacial score (nSPS) is 11.6. The zero-order chi connectivity index (χ0) is 36.3. The predicted molar refractivity (Wildman–Crippen MR) is 231 cm³/mol. The molecule has 2 aromatic heterocycles. The predicted octanol–water partition coefficient (Wildman–Crippen LogP) is 14.6. The number of benzene rings is 9. The van der Waals surface area contributed by atoms with E-state index >= 15 is 0 Å². The lowest BCUT2D eigenvalue weighted by Crippen LogP contribution is -2.10. The Hall–Kier alpha value is -7.36. The highest BCUT2D eigenvalue weighted by Crippen LogP contribution is 2.40. The highest BCUT2D eigenvalue weighted by atomic mass is 16.3. The molecule has 0 saturated carbocycles. The first kappa shape index (κ1) is 31.2. The van der Waals surface area contributed by atoms with E-state index < -0.39 is 0 Å². The highest BCUT2D eigenvalue weighted by Gasteiger charge is 2.17. The molecular formula is C52H34N2O. The van der Waals surface area contributed by atoms with Crippen LogP contribution in [0.5, 0.6) is 0 Å². The van der Waals surface area contributed by atoms with Gasteiger partial charge in [-0.2, -0.15) is 0 Å². The minimum atomic E-state index is 0.907. The van der Waals surface area contributed by atoms with Gasteiger partial charge in [0.1, 0.15) is 11.2 Å². The molecule has 3 nitrogen and oxygen atoms in total. The van der Waals surface area contributed by atoms with Gasteiger partial charge in [0.05, 0.1) is 11.0 Å². The van der Waals surface area contributed by atoms with Crippen molar-refractivity contribution in [3.63, 3.8) is 0 Å². The van der Waals surface area contributed by atoms with Crippen LogP contribution in [0.3, 0.4) is 0 Å². The molecule has 0 radical (unpaired) electrons. The molecule has 11 aromatic rings. The van der Waals surface area contributed by atoms with E-state index in [2.05, 4.69) is 204 Å². The van der Waals surface area contributed by atoms with Crippen molar-refractivity contribution in [2.24, 2.45) is 0 Å². The summed E-state index contributed by atoms with van der Waals surface area (Å²) in [6.45, 7) is 0. The number of hydrogen-bond donors (Lipinski definition) is 0. The summed E-state index contributed by atoms with van der Waals surface area (Å²) in [4.78, 5) is 2.34. The van der Waals surface area contributed by atoms with Crippen LogP contribution in [0.15, 0.2) is 211 Å². The Kier molecular flexibility index (Phi) is 7.17. The van der Waals surface area contributed by atoms with Crippen molar-refractivity contribution in [1.29, 1.82) is 0 Å². The Labute approximate surface area is 318 Å². The number of anilines is 3. The third kappa shape index (κ3) is 5.20. The molecule has 9 aromatic carbocycles. The Morgan fingerprint density at radius 1 is 0.364 bits per heavy atom. The maximum Gasteiger partial charge on any atom is 0.143 e. The van der Waals surface area contributed by atoms with E-state index in [4.69, 9.17) is 4.42 Å². The molecule has 0 bridgehead atoms. The lowest BCUT2D eigenvalue weighted by atomic mass is 10.0. The van der Waals surface area contributed by atoms with Gasteiger partial charge in [-0.1, -0.05) is 133 Å². The van der Waals surface area contributed by atoms with E-state index in [0.29, 0.717) is 0 Å². The number of hydrogen-bond acceptors (Lipinski definition) is 2. The van der Waals surface area contributed by atoms with Crippen molar-refractivity contribution < 1.29 is 4.42 Å². The van der Waals surface area contributed by atoms with E-state index in [1.165, 1.54) is 43.7 Å². The minimum Gasteiger partial charge on any atom is -0.455 e. The quantitative estimate of drug-likeness (QED) is 0.172. The summed E-state index contributed by atoms with van der Waals surface area (Å²) in [7, 11) is 0. The second-order valence-electron chi connectivity index (χ2n) is 14.2. The van der Waals surface area contributed by atoms with Gasteiger partial charge in [-0.25, -0.2) is 0 Å². The summed E-state index contributed by atoms with van der Waals surface area (Å²) >= 11 is 0. The molecule has 0 aliphatic carbocycles. The standard InChI is InChI=1S/C52H34N2O/c1-2-11-38-34-39(21-20-35(38)10-1)36-22-26-40(27-23-36)53(41-28-24-37(25-29-41)44-15-9-16-48-47-14-5-8-19-51(47)55-52(44)48)42-30-32-43(33-31-42)54-49-17-6-3-12-45(49)46-13-4-7-18-50(46)54/h1-34H. The van der Waals surface area contributed by atoms with Gasteiger partial charge in [0.15, 0.2) is 0 Å². The zero-order valence-electron chi connectivity index (χ0n) is 29.9. The van der Waals surface area contributed by atoms with Crippen LogP contribution in [-0.2, 0) is 0 Å². The monoisotopic (exact) mass is 702 g/mol. The van der Waals surface area contributed by atoms with Crippen molar-refractivity contribution >= 4 is 71.6 Å². The first-order chi connectivity index (χ1) is 27.3. The summed E-state index contributed by atoms with van der Waals surface area (Å²) in [5.41, 5.74) is 13.2. The molecule has 0 N–H and O–H groups in total. The Morgan fingerprint density at radius 3 is 1.58 bits per heavy atom. The fraction of sp³-hybridized carbons (Fsp3) is 0. The number of furan rings is 1. The van der Waals surface area contributed by atoms with Crippen LogP contribution in [0.2, 0.25) is 0 Å². The molecule has 258 valence electrons. The molecule has 0 fully saturated rings. The number of nitrogens with zero attached hydrogens (tertiary/aromatic N) is 2. The van der Waals surface area contributed by atoms with Gasteiger partial charge >= 0.3 is 0 Å². The molecule has 0 atom stereocenters. The summed E-state index contributed by atoms with van der Waals surface area (Å²) in [6.07, 6.45) is 0. The fourth-order valence-electron chi connectivity index (χ4n) is 8.34. The van der Waals surface area contributed by atoms with Gasteiger partial charge in [0.25, 0.3) is 0 Å². The fourth-order valence-corrected chi connectivity index (χ4v) is 8.34. The third-order valence-electron chi connectivity index (χ3n) is 11.0. The van der Waals surface area contributed by atoms with Crippen LogP contribution in [0.1, 0.15) is 0 Å². The van der Waals surface area contributed by atoms with Gasteiger partial charge < -0.3 is 13.9 Å². The molecule has 0 saturated heterocycles. The molecule has 0 aliphatic rings. The summed E-state index contributed by atoms with van der Waals surface area (Å²) in [5.74, 6) is 0. The maximum atomic E-state index is 6.41. The van der Waals surface area contributed by atoms with E-state index in [0.717, 1.165) is 55.8 Å². The molecule has 11 rings (SSSR count). The Bertz CT molecular complexity index is 3130. The van der Waals surface area contributed by atoms with Gasteiger partial charge in [0.2, 0.25) is 0 Å². The van der Waals surface area contributed by atoms with E-state index in [1.807, 2.05) is 12.1 Å². The first-order valence-corrected chi connectivity index (χ1v) is 18.8. The van der Waals surface area contributed by atoms with Crippen LogP contribution in [0.4, 0.5) is 17.1 Å². The molecule has 0 amide bonds. The third-order valence-corrected chi connectivity index (χ3v) is 11.0. The number of fused-ring (bicyclic) bond motifs is 7. The van der Waals surface area contributed by atoms with Gasteiger partial charge in [-0.05, 0) is 100 Å². The Balaban J connectivity index is 1.01. The van der Waals surface area contributed by atoms with Crippen molar-refractivity contribution in [2.45, 2.75) is 0 Å². The van der Waals surface area contributed by atoms with Crippen LogP contribution >= 0.6 is 0 Å². The average molecular weight is 703 g/mol. The lowest BCUT2D eigenvalue weighted by Gasteiger charge is -2.26. The van der Waals surface area contributed by atoms with Crippen molar-refractivity contribution in [1.82, 2.24) is 4.57 Å². The van der Waals surface area contributed by atoms with E-state index in [-0.39, 0.29) is 0 Å². The van der Waals surface area contributed by atoms with Crippen LogP contribution in [-0.4, -0.2) is 4.57 Å². The summed E-state index contributed by atoms with van der Waals surface area (Å²) < 4.78 is 8.77. The topological polar surface area (TPSA) is 21.3 Å². The highest BCUT2D eigenvalue weighted by molar-refractivity contribution is 6.10. The van der Waals surface area contributed by atoms with Crippen molar-refractivity contribution in [3.05, 3.63) is 206 Å². The SMILES string of the molecule is c1ccc2cc(-c3ccc(N(c4ccc(-c5cccc6c5oc5ccccc56)cc4)c4ccc(-n5c6ccccc6c6ccccc65)cc4)cc3)ccc2c1. The zero-order valence-corrected chi connectivity index (χ0v) is 29.9. The van der Waals surface area contributed by atoms with Crippen LogP contribution in [0, 0.1) is 0 Å². The van der Waals surface area contributed by atoms with Crippen molar-refractivity contribution in [3.8, 4) is 27.9 Å². The van der Waals surface area contributed by atoms with Crippen LogP contribution in [0.25, 0.3) is 82.5 Å². The van der Waals surface area contributed by atoms with Gasteiger partial charge in [-0.3, -0.25) is 0 Å². The number of rotatable bonds is 6. The molecule has 3 heteroatoms. The first-order valence-electron chi connectivity index (χ1n) is 18.8. The molecule has 0 unspecified atom stereocenters. The Morgan fingerprint density at radius 2 is 0.891 bits per heavy atom. The average Bonchev–Trinajstić information content (AvgIpc) is 3.81. The van der Waals surface area contributed by atoms with Gasteiger partial charge in [0, 0.05) is 49.9 Å². The number of aromatic nitrogens is 1. The summed E-state index contributed by atoms with van der Waals surface area (Å²) in [5, 5.41) is 7.28. The van der Waals surface area contributed by atoms with Crippen molar-refractivity contribution in [2.75, 3.05) is 4.90 Å². The number of para-hydroxylation sites is 4. The molecule has 55 heavy (non-hydrogen) atoms. The second-order valence-corrected chi connectivity index (χ2v) is 14.2. The second kappa shape index (κ2) is 12.6. The minimum absolute atomic E-state index is 0.907. The molecule has 0 aliphatic heterocycles. The molecule has 0 spiro atoms. The smallest absolute Gasteiger partial charge is 0.143 e. The van der Waals surface area contributed by atoms with E-state index in [9.17, 15) is 0 Å². The van der Waals surface area contributed by atoms with E-state index in [1.54, 1.807) is 0 Å². The molecule has 2 heterocycles. The lowest BCUT2D eigenvalue weighted by molar-refractivity contribution is 0.670. The van der Waals surface area contributed by atoms with Gasteiger partial charge in [-0.15, -0.1) is 0 Å².